The maximum absolute atomic E-state index is 12.4. The van der Waals surface area contributed by atoms with Crippen LogP contribution in [-0.2, 0) is 11.3 Å². The Kier molecular flexibility index (Phi) is 5.96. The van der Waals surface area contributed by atoms with Gasteiger partial charge >= 0.3 is 0 Å². The average molecular weight is 352 g/mol. The summed E-state index contributed by atoms with van der Waals surface area (Å²) in [7, 11) is 0. The SMILES string of the molecule is Cc1ccc(=O)n(CC(=O)N2CCN(C/C=C/c3ccccc3)CC2)n1. The van der Waals surface area contributed by atoms with Crippen LogP contribution in [0.4, 0.5) is 0 Å². The second-order valence-corrected chi connectivity index (χ2v) is 6.47. The Bertz CT molecular complexity index is 821. The van der Waals surface area contributed by atoms with Crippen LogP contribution >= 0.6 is 0 Å². The third-order valence-corrected chi connectivity index (χ3v) is 4.48. The predicted molar refractivity (Wildman–Crippen MR) is 102 cm³/mol. The van der Waals surface area contributed by atoms with Gasteiger partial charge in [-0.05, 0) is 18.6 Å². The summed E-state index contributed by atoms with van der Waals surface area (Å²) in [6.07, 6.45) is 4.27. The van der Waals surface area contributed by atoms with Gasteiger partial charge in [-0.25, -0.2) is 4.68 Å². The van der Waals surface area contributed by atoms with Gasteiger partial charge in [0.25, 0.3) is 5.56 Å². The molecule has 1 aliphatic heterocycles. The van der Waals surface area contributed by atoms with Crippen molar-refractivity contribution in [3.05, 3.63) is 70.2 Å². The number of hydrogen-bond donors (Lipinski definition) is 0. The Morgan fingerprint density at radius 2 is 1.81 bits per heavy atom. The normalized spacial score (nSPS) is 15.5. The van der Waals surface area contributed by atoms with Crippen LogP contribution in [0, 0.1) is 6.92 Å². The summed E-state index contributed by atoms with van der Waals surface area (Å²) in [5.41, 5.74) is 1.68. The van der Waals surface area contributed by atoms with Gasteiger partial charge in [-0.3, -0.25) is 14.5 Å². The third kappa shape index (κ3) is 4.89. The number of aryl methyl sites for hydroxylation is 1. The molecule has 0 spiro atoms. The first kappa shape index (κ1) is 18.1. The first-order valence-corrected chi connectivity index (χ1v) is 8.88. The molecule has 1 aromatic carbocycles. The van der Waals surface area contributed by atoms with E-state index in [9.17, 15) is 9.59 Å². The second kappa shape index (κ2) is 8.58. The molecule has 2 heterocycles. The molecular weight excluding hydrogens is 328 g/mol. The zero-order chi connectivity index (χ0) is 18.4. The van der Waals surface area contributed by atoms with E-state index in [1.807, 2.05) is 30.0 Å². The summed E-state index contributed by atoms with van der Waals surface area (Å²) in [6.45, 7) is 5.71. The molecule has 1 aliphatic rings. The smallest absolute Gasteiger partial charge is 0.267 e. The van der Waals surface area contributed by atoms with Crippen LogP contribution < -0.4 is 5.56 Å². The standard InChI is InChI=1S/C20H24N4O2/c1-17-9-10-19(25)24(21-17)16-20(26)23-14-12-22(13-15-23)11-5-8-18-6-3-2-4-7-18/h2-10H,11-16H2,1H3/b8-5+. The number of amides is 1. The molecule has 0 bridgehead atoms. The number of aromatic nitrogens is 2. The van der Waals surface area contributed by atoms with Crippen LogP contribution in [0.3, 0.4) is 0 Å². The number of hydrogen-bond acceptors (Lipinski definition) is 4. The van der Waals surface area contributed by atoms with E-state index < -0.39 is 0 Å². The van der Waals surface area contributed by atoms with E-state index >= 15 is 0 Å². The molecule has 1 saturated heterocycles. The zero-order valence-electron chi connectivity index (χ0n) is 15.0. The van der Waals surface area contributed by atoms with E-state index in [1.54, 1.807) is 6.07 Å². The highest BCUT2D eigenvalue weighted by Gasteiger charge is 2.21. The van der Waals surface area contributed by atoms with Gasteiger partial charge in [-0.2, -0.15) is 5.10 Å². The topological polar surface area (TPSA) is 58.4 Å². The molecule has 0 radical (unpaired) electrons. The van der Waals surface area contributed by atoms with Crippen LogP contribution in [0.5, 0.6) is 0 Å². The lowest BCUT2D eigenvalue weighted by molar-refractivity contribution is -0.133. The third-order valence-electron chi connectivity index (χ3n) is 4.48. The van der Waals surface area contributed by atoms with Gasteiger partial charge in [-0.15, -0.1) is 0 Å². The van der Waals surface area contributed by atoms with Crippen LogP contribution in [0.1, 0.15) is 11.3 Å². The fourth-order valence-electron chi connectivity index (χ4n) is 2.97. The highest BCUT2D eigenvalue weighted by molar-refractivity contribution is 5.76. The largest absolute Gasteiger partial charge is 0.339 e. The second-order valence-electron chi connectivity index (χ2n) is 6.47. The highest BCUT2D eigenvalue weighted by Crippen LogP contribution is 2.05. The highest BCUT2D eigenvalue weighted by atomic mass is 16.2. The molecule has 26 heavy (non-hydrogen) atoms. The minimum absolute atomic E-state index is 0.00836. The molecule has 6 heteroatoms. The number of benzene rings is 1. The molecule has 136 valence electrons. The lowest BCUT2D eigenvalue weighted by Crippen LogP contribution is -2.50. The van der Waals surface area contributed by atoms with Crippen molar-refractivity contribution in [1.29, 1.82) is 0 Å². The quantitative estimate of drug-likeness (QED) is 0.816. The Hall–Kier alpha value is -2.73. The van der Waals surface area contributed by atoms with Crippen molar-refractivity contribution in [3.63, 3.8) is 0 Å². The average Bonchev–Trinajstić information content (AvgIpc) is 2.66. The van der Waals surface area contributed by atoms with Crippen LogP contribution in [0.25, 0.3) is 6.08 Å². The Labute approximate surface area is 153 Å². The lowest BCUT2D eigenvalue weighted by atomic mass is 10.2. The van der Waals surface area contributed by atoms with E-state index in [0.717, 1.165) is 25.3 Å². The van der Waals surface area contributed by atoms with E-state index in [1.165, 1.54) is 16.3 Å². The van der Waals surface area contributed by atoms with Crippen molar-refractivity contribution < 1.29 is 4.79 Å². The van der Waals surface area contributed by atoms with Crippen molar-refractivity contribution in [2.45, 2.75) is 13.5 Å². The van der Waals surface area contributed by atoms with Crippen LogP contribution in [-0.4, -0.2) is 58.2 Å². The molecule has 2 aromatic rings. The van der Waals surface area contributed by atoms with Crippen LogP contribution in [0.2, 0.25) is 0 Å². The van der Waals surface area contributed by atoms with Gasteiger partial charge in [-0.1, -0.05) is 42.5 Å². The van der Waals surface area contributed by atoms with E-state index in [2.05, 4.69) is 34.3 Å². The van der Waals surface area contributed by atoms with Crippen molar-refractivity contribution in [2.24, 2.45) is 0 Å². The minimum atomic E-state index is -0.242. The van der Waals surface area contributed by atoms with E-state index in [-0.39, 0.29) is 18.0 Å². The van der Waals surface area contributed by atoms with Gasteiger partial charge in [0.1, 0.15) is 6.54 Å². The molecule has 1 fully saturated rings. The first-order valence-electron chi connectivity index (χ1n) is 8.88. The monoisotopic (exact) mass is 352 g/mol. The number of rotatable bonds is 5. The summed E-state index contributed by atoms with van der Waals surface area (Å²) in [4.78, 5) is 28.4. The maximum Gasteiger partial charge on any atom is 0.267 e. The number of nitrogens with zero attached hydrogens (tertiary/aromatic N) is 4. The predicted octanol–water partition coefficient (Wildman–Crippen LogP) is 1.41. The fourth-order valence-corrected chi connectivity index (χ4v) is 2.97. The molecule has 6 nitrogen and oxygen atoms in total. The maximum atomic E-state index is 12.4. The van der Waals surface area contributed by atoms with Gasteiger partial charge in [0.2, 0.25) is 5.91 Å². The van der Waals surface area contributed by atoms with Crippen molar-refractivity contribution in [1.82, 2.24) is 19.6 Å². The van der Waals surface area contributed by atoms with Crippen molar-refractivity contribution >= 4 is 12.0 Å². The van der Waals surface area contributed by atoms with Crippen molar-refractivity contribution in [3.8, 4) is 0 Å². The van der Waals surface area contributed by atoms with Gasteiger partial charge in [0, 0.05) is 38.8 Å². The molecule has 1 amide bonds. The summed E-state index contributed by atoms with van der Waals surface area (Å²) in [6, 6.07) is 13.3. The minimum Gasteiger partial charge on any atom is -0.339 e. The summed E-state index contributed by atoms with van der Waals surface area (Å²) < 4.78 is 1.24. The molecular formula is C20H24N4O2. The number of carbonyl (C=O) groups is 1. The Morgan fingerprint density at radius 1 is 1.08 bits per heavy atom. The molecule has 0 saturated carbocycles. The van der Waals surface area contributed by atoms with Gasteiger partial charge < -0.3 is 4.90 Å². The van der Waals surface area contributed by atoms with Crippen LogP contribution in [0.15, 0.2) is 53.3 Å². The summed E-state index contributed by atoms with van der Waals surface area (Å²) in [5.74, 6) is -0.0512. The molecule has 0 N–H and O–H groups in total. The zero-order valence-corrected chi connectivity index (χ0v) is 15.0. The lowest BCUT2D eigenvalue weighted by Gasteiger charge is -2.34. The number of piperazine rings is 1. The Morgan fingerprint density at radius 3 is 2.54 bits per heavy atom. The van der Waals surface area contributed by atoms with E-state index in [0.29, 0.717) is 13.1 Å². The number of carbonyl (C=O) groups excluding carboxylic acids is 1. The molecule has 0 aliphatic carbocycles. The van der Waals surface area contributed by atoms with Gasteiger partial charge in [0.15, 0.2) is 0 Å². The molecule has 0 unspecified atom stereocenters. The molecule has 0 atom stereocenters. The summed E-state index contributed by atoms with van der Waals surface area (Å²) >= 11 is 0. The fraction of sp³-hybridized carbons (Fsp3) is 0.350. The van der Waals surface area contributed by atoms with Gasteiger partial charge in [0.05, 0.1) is 5.69 Å². The van der Waals surface area contributed by atoms with Crippen molar-refractivity contribution in [2.75, 3.05) is 32.7 Å². The Balaban J connectivity index is 1.47. The first-order chi connectivity index (χ1) is 12.6. The molecule has 3 rings (SSSR count). The molecule has 1 aromatic heterocycles. The summed E-state index contributed by atoms with van der Waals surface area (Å²) in [5, 5.41) is 4.13. The van der Waals surface area contributed by atoms with E-state index in [4.69, 9.17) is 0 Å².